The van der Waals surface area contributed by atoms with Crippen LogP contribution < -0.4 is 14.4 Å². The molecule has 0 saturated carbocycles. The van der Waals surface area contributed by atoms with Gasteiger partial charge in [-0.2, -0.15) is 0 Å². The highest BCUT2D eigenvalue weighted by Gasteiger charge is 2.33. The van der Waals surface area contributed by atoms with Gasteiger partial charge < -0.3 is 14.6 Å². The molecule has 2 aromatic carbocycles. The van der Waals surface area contributed by atoms with Crippen molar-refractivity contribution in [3.8, 4) is 11.5 Å². The fourth-order valence-electron chi connectivity index (χ4n) is 2.53. The van der Waals surface area contributed by atoms with E-state index in [-0.39, 0.29) is 5.91 Å². The molecule has 6 nitrogen and oxygen atoms in total. The maximum atomic E-state index is 12.8. The first-order valence-electron chi connectivity index (χ1n) is 8.31. The van der Waals surface area contributed by atoms with Crippen LogP contribution in [-0.2, 0) is 9.59 Å². The van der Waals surface area contributed by atoms with Crippen LogP contribution in [0.25, 0.3) is 6.08 Å². The molecule has 28 heavy (non-hydrogen) atoms. The number of ether oxygens (including phenoxy) is 2. The molecule has 1 saturated heterocycles. The molecule has 0 radical (unpaired) electrons. The number of thioether (sulfide) groups is 1. The van der Waals surface area contributed by atoms with Crippen LogP contribution >= 0.6 is 24.0 Å². The number of carbonyl (C=O) groups excluding carboxylic acids is 1. The maximum Gasteiger partial charge on any atom is 0.344 e. The van der Waals surface area contributed by atoms with Gasteiger partial charge in [0.15, 0.2) is 21.9 Å². The van der Waals surface area contributed by atoms with Gasteiger partial charge in [0, 0.05) is 0 Å². The van der Waals surface area contributed by atoms with Crippen molar-refractivity contribution in [2.75, 3.05) is 12.0 Å². The molecule has 3 rings (SSSR count). The van der Waals surface area contributed by atoms with Crippen molar-refractivity contribution < 1.29 is 24.2 Å². The van der Waals surface area contributed by atoms with E-state index in [4.69, 9.17) is 26.8 Å². The van der Waals surface area contributed by atoms with Gasteiger partial charge in [-0.25, -0.2) is 4.79 Å². The molecule has 8 heteroatoms. The van der Waals surface area contributed by atoms with Gasteiger partial charge >= 0.3 is 5.97 Å². The number of carboxylic acids is 1. The fourth-order valence-corrected chi connectivity index (χ4v) is 3.83. The molecule has 0 aromatic heterocycles. The summed E-state index contributed by atoms with van der Waals surface area (Å²) in [5, 5.41) is 8.99. The fraction of sp³-hybridized carbons (Fsp3) is 0.150. The maximum absolute atomic E-state index is 12.8. The number of hydrogen-bond donors (Lipinski definition) is 1. The van der Waals surface area contributed by atoms with E-state index in [1.165, 1.54) is 30.7 Å². The summed E-state index contributed by atoms with van der Waals surface area (Å²) >= 11 is 6.58. The van der Waals surface area contributed by atoms with Gasteiger partial charge in [0.05, 0.1) is 17.7 Å². The van der Waals surface area contributed by atoms with Crippen molar-refractivity contribution in [3.05, 3.63) is 59.0 Å². The van der Waals surface area contributed by atoms with Crippen LogP contribution in [0.5, 0.6) is 11.5 Å². The number of methoxy groups -OCH3 is 1. The molecule has 0 spiro atoms. The van der Waals surface area contributed by atoms with Crippen molar-refractivity contribution in [1.29, 1.82) is 0 Å². The van der Waals surface area contributed by atoms with Crippen molar-refractivity contribution >= 4 is 51.9 Å². The molecule has 1 aliphatic heterocycles. The number of amides is 1. The molecule has 144 valence electrons. The molecule has 0 bridgehead atoms. The van der Waals surface area contributed by atoms with E-state index in [2.05, 4.69) is 0 Å². The average molecular weight is 415 g/mol. The van der Waals surface area contributed by atoms with Crippen molar-refractivity contribution in [2.45, 2.75) is 13.0 Å². The van der Waals surface area contributed by atoms with Crippen molar-refractivity contribution in [3.63, 3.8) is 0 Å². The zero-order valence-electron chi connectivity index (χ0n) is 15.1. The first-order chi connectivity index (χ1) is 13.4. The Bertz CT molecular complexity index is 958. The smallest absolute Gasteiger partial charge is 0.344 e. The number of nitrogens with zero attached hydrogens (tertiary/aromatic N) is 1. The normalized spacial score (nSPS) is 16.4. The highest BCUT2D eigenvalue weighted by molar-refractivity contribution is 8.27. The first kappa shape index (κ1) is 19.9. The zero-order chi connectivity index (χ0) is 20.3. The second-order valence-electron chi connectivity index (χ2n) is 5.86. The summed E-state index contributed by atoms with van der Waals surface area (Å²) in [6.07, 6.45) is 0.705. The quantitative estimate of drug-likeness (QED) is 0.565. The summed E-state index contributed by atoms with van der Waals surface area (Å²) in [6, 6.07) is 14.2. The Labute approximate surface area is 171 Å². The Morgan fingerprint density at radius 3 is 2.57 bits per heavy atom. The highest BCUT2D eigenvalue weighted by atomic mass is 32.2. The lowest BCUT2D eigenvalue weighted by Crippen LogP contribution is -2.27. The van der Waals surface area contributed by atoms with Crippen molar-refractivity contribution in [1.82, 2.24) is 0 Å². The topological polar surface area (TPSA) is 76.1 Å². The lowest BCUT2D eigenvalue weighted by atomic mass is 10.1. The second-order valence-corrected chi connectivity index (χ2v) is 7.54. The number of anilines is 1. The van der Waals surface area contributed by atoms with E-state index in [0.717, 1.165) is 5.69 Å². The molecule has 1 amide bonds. The largest absolute Gasteiger partial charge is 0.493 e. The summed E-state index contributed by atoms with van der Waals surface area (Å²) in [6.45, 7) is 1.44. The Hall–Kier alpha value is -2.84. The lowest BCUT2D eigenvalue weighted by molar-refractivity contribution is -0.144. The van der Waals surface area contributed by atoms with E-state index in [0.29, 0.717) is 26.3 Å². The Kier molecular flexibility index (Phi) is 6.01. The predicted molar refractivity (Wildman–Crippen MR) is 113 cm³/mol. The summed E-state index contributed by atoms with van der Waals surface area (Å²) in [5.41, 5.74) is 1.43. The molecular formula is C20H17NO5S2. The molecule has 1 heterocycles. The van der Waals surface area contributed by atoms with Crippen LogP contribution in [0.15, 0.2) is 53.4 Å². The second kappa shape index (κ2) is 8.45. The number of aliphatic carboxylic acids is 1. The van der Waals surface area contributed by atoms with Crippen LogP contribution in [0.2, 0.25) is 0 Å². The zero-order valence-corrected chi connectivity index (χ0v) is 16.8. The van der Waals surface area contributed by atoms with Gasteiger partial charge in [-0.15, -0.1) is 0 Å². The molecule has 2 aromatic rings. The van der Waals surface area contributed by atoms with Crippen LogP contribution in [-0.4, -0.2) is 34.5 Å². The van der Waals surface area contributed by atoms with Crippen LogP contribution in [0.1, 0.15) is 12.5 Å². The Morgan fingerprint density at radius 2 is 1.93 bits per heavy atom. The summed E-state index contributed by atoms with van der Waals surface area (Å²) < 4.78 is 11.1. The summed E-state index contributed by atoms with van der Waals surface area (Å²) in [5.74, 6) is -0.581. The average Bonchev–Trinajstić information content (AvgIpc) is 2.96. The third-order valence-corrected chi connectivity index (χ3v) is 5.25. The van der Waals surface area contributed by atoms with Gasteiger partial charge in [-0.3, -0.25) is 9.69 Å². The molecule has 1 fully saturated rings. The number of carbonyl (C=O) groups is 2. The van der Waals surface area contributed by atoms with Gasteiger partial charge in [-0.05, 0) is 42.8 Å². The molecule has 1 unspecified atom stereocenters. The van der Waals surface area contributed by atoms with Crippen molar-refractivity contribution in [2.24, 2.45) is 0 Å². The summed E-state index contributed by atoms with van der Waals surface area (Å²) in [7, 11) is 1.46. The minimum atomic E-state index is -1.07. The van der Waals surface area contributed by atoms with E-state index in [1.54, 1.807) is 24.3 Å². The number of hydrogen-bond acceptors (Lipinski definition) is 6. The Balaban J connectivity index is 1.86. The molecular weight excluding hydrogens is 398 g/mol. The molecule has 1 N–H and O–H groups in total. The van der Waals surface area contributed by atoms with Crippen LogP contribution in [0.4, 0.5) is 5.69 Å². The SMILES string of the molecule is COc1cc(/C=C2/SC(=S)N(c3ccccc3)C2=O)ccc1OC(C)C(=O)O. The van der Waals surface area contributed by atoms with Crippen LogP contribution in [0, 0.1) is 0 Å². The highest BCUT2D eigenvalue weighted by Crippen LogP contribution is 2.37. The predicted octanol–water partition coefficient (Wildman–Crippen LogP) is 3.95. The minimum Gasteiger partial charge on any atom is -0.493 e. The number of thiocarbonyl (C=S) groups is 1. The van der Waals surface area contributed by atoms with Gasteiger partial charge in [0.2, 0.25) is 0 Å². The van der Waals surface area contributed by atoms with E-state index in [1.807, 2.05) is 30.3 Å². The summed E-state index contributed by atoms with van der Waals surface area (Å²) in [4.78, 5) is 25.8. The van der Waals surface area contributed by atoms with E-state index >= 15 is 0 Å². The van der Waals surface area contributed by atoms with Gasteiger partial charge in [0.25, 0.3) is 5.91 Å². The third-order valence-electron chi connectivity index (χ3n) is 3.95. The number of para-hydroxylation sites is 1. The molecule has 1 aliphatic rings. The minimum absolute atomic E-state index is 0.194. The first-order valence-corrected chi connectivity index (χ1v) is 9.53. The molecule has 0 aliphatic carbocycles. The standard InChI is InChI=1S/C20H17NO5S2/c1-12(19(23)24)26-15-9-8-13(10-16(15)25-2)11-17-18(22)21(20(27)28-17)14-6-4-3-5-7-14/h3-12H,1-2H3,(H,23,24)/b17-11+. The monoisotopic (exact) mass is 415 g/mol. The van der Waals surface area contributed by atoms with E-state index < -0.39 is 12.1 Å². The molecule has 1 atom stereocenters. The van der Waals surface area contributed by atoms with Gasteiger partial charge in [-0.1, -0.05) is 48.2 Å². The number of carboxylic acid groups (broad SMARTS) is 1. The Morgan fingerprint density at radius 1 is 1.21 bits per heavy atom. The van der Waals surface area contributed by atoms with Gasteiger partial charge in [0.1, 0.15) is 0 Å². The van der Waals surface area contributed by atoms with E-state index in [9.17, 15) is 9.59 Å². The number of rotatable bonds is 6. The lowest BCUT2D eigenvalue weighted by Gasteiger charge is -2.14. The third kappa shape index (κ3) is 4.18. The van der Waals surface area contributed by atoms with Crippen LogP contribution in [0.3, 0.4) is 0 Å². The number of benzene rings is 2.